The smallest absolute Gasteiger partial charge is 0.328 e. The van der Waals surface area contributed by atoms with Gasteiger partial charge in [-0.15, -0.1) is 0 Å². The van der Waals surface area contributed by atoms with Crippen molar-refractivity contribution in [2.45, 2.75) is 6.54 Å². The fourth-order valence-electron chi connectivity index (χ4n) is 3.54. The summed E-state index contributed by atoms with van der Waals surface area (Å²) < 4.78 is 11.5. The monoisotopic (exact) mass is 607 g/mol. The molecule has 3 amide bonds. The summed E-state index contributed by atoms with van der Waals surface area (Å²) in [4.78, 5) is 49.2. The van der Waals surface area contributed by atoms with Gasteiger partial charge in [0.15, 0.2) is 11.5 Å². The SMILES string of the molecule is COc1ccc(Br)c(C=C(NC(=O)c2ccccc2)C(=O)NCc2ccccc2NC(=O)C=CC(=O)O)c1OC. The van der Waals surface area contributed by atoms with Crippen LogP contribution >= 0.6 is 15.9 Å². The predicted octanol–water partition coefficient (Wildman–Crippen LogP) is 4.13. The molecule has 0 aliphatic carbocycles. The third-order valence-corrected chi connectivity index (χ3v) is 6.13. The van der Waals surface area contributed by atoms with Crippen LogP contribution in [-0.2, 0) is 20.9 Å². The number of carboxylic acids is 1. The summed E-state index contributed by atoms with van der Waals surface area (Å²) in [6.45, 7) is -0.0209. The molecule has 0 fully saturated rings. The molecule has 3 aromatic rings. The summed E-state index contributed by atoms with van der Waals surface area (Å²) in [5.41, 5.74) is 1.64. The number of carbonyl (C=O) groups is 4. The number of para-hydroxylation sites is 1. The maximum absolute atomic E-state index is 13.4. The Morgan fingerprint density at radius 1 is 0.900 bits per heavy atom. The van der Waals surface area contributed by atoms with E-state index in [1.807, 2.05) is 0 Å². The van der Waals surface area contributed by atoms with Crippen molar-refractivity contribution < 1.29 is 33.8 Å². The van der Waals surface area contributed by atoms with E-state index in [0.717, 1.165) is 12.2 Å². The van der Waals surface area contributed by atoms with Crippen LogP contribution in [0.4, 0.5) is 5.69 Å². The summed E-state index contributed by atoms with van der Waals surface area (Å²) in [6.07, 6.45) is 3.07. The number of nitrogens with one attached hydrogen (secondary N) is 3. The van der Waals surface area contributed by atoms with E-state index in [1.165, 1.54) is 20.3 Å². The summed E-state index contributed by atoms with van der Waals surface area (Å²) in [5.74, 6) is -2.25. The maximum atomic E-state index is 13.4. The first kappa shape index (κ1) is 29.7. The second-order valence-electron chi connectivity index (χ2n) is 8.08. The van der Waals surface area contributed by atoms with Crippen molar-refractivity contribution >= 4 is 51.4 Å². The van der Waals surface area contributed by atoms with Gasteiger partial charge in [-0.2, -0.15) is 0 Å². The molecule has 0 atom stereocenters. The van der Waals surface area contributed by atoms with Gasteiger partial charge in [0.05, 0.1) is 14.2 Å². The van der Waals surface area contributed by atoms with Crippen LogP contribution in [0.15, 0.2) is 89.1 Å². The third kappa shape index (κ3) is 8.05. The summed E-state index contributed by atoms with van der Waals surface area (Å²) >= 11 is 3.46. The minimum atomic E-state index is -1.26. The summed E-state index contributed by atoms with van der Waals surface area (Å²) in [5, 5.41) is 16.7. The number of rotatable bonds is 11. The zero-order valence-corrected chi connectivity index (χ0v) is 23.2. The zero-order valence-electron chi connectivity index (χ0n) is 21.6. The van der Waals surface area contributed by atoms with Crippen molar-refractivity contribution in [1.29, 1.82) is 0 Å². The van der Waals surface area contributed by atoms with Gasteiger partial charge in [-0.3, -0.25) is 14.4 Å². The van der Waals surface area contributed by atoms with Crippen molar-refractivity contribution in [3.05, 3.63) is 106 Å². The molecule has 4 N–H and O–H groups in total. The van der Waals surface area contributed by atoms with E-state index < -0.39 is 23.7 Å². The lowest BCUT2D eigenvalue weighted by atomic mass is 10.1. The van der Waals surface area contributed by atoms with Crippen molar-refractivity contribution in [3.63, 3.8) is 0 Å². The zero-order chi connectivity index (χ0) is 29.1. The molecule has 0 bridgehead atoms. The average Bonchev–Trinajstić information content (AvgIpc) is 2.96. The highest BCUT2D eigenvalue weighted by atomic mass is 79.9. The molecule has 0 heterocycles. The number of carboxylic acid groups (broad SMARTS) is 1. The molecule has 0 aliphatic heterocycles. The Bertz CT molecular complexity index is 1470. The van der Waals surface area contributed by atoms with Gasteiger partial charge in [-0.05, 0) is 42.0 Å². The standard InChI is InChI=1S/C29H26BrN3O7/c1-39-24-13-12-21(30)20(27(24)40-2)16-23(33-28(37)18-8-4-3-5-9-18)29(38)31-17-19-10-6-7-11-22(19)32-25(34)14-15-26(35)36/h3-16H,17H2,1-2H3,(H,31,38)(H,32,34)(H,33,37)(H,35,36). The molecular formula is C29H26BrN3O7. The van der Waals surface area contributed by atoms with Gasteiger partial charge >= 0.3 is 5.97 Å². The highest BCUT2D eigenvalue weighted by Gasteiger charge is 2.19. The van der Waals surface area contributed by atoms with Crippen LogP contribution in [-0.4, -0.2) is 43.0 Å². The molecule has 0 aromatic heterocycles. The average molecular weight is 608 g/mol. The number of amides is 3. The molecule has 10 nitrogen and oxygen atoms in total. The molecule has 206 valence electrons. The summed E-state index contributed by atoms with van der Waals surface area (Å²) in [7, 11) is 2.94. The van der Waals surface area contributed by atoms with Crippen LogP contribution in [0.5, 0.6) is 11.5 Å². The van der Waals surface area contributed by atoms with Crippen molar-refractivity contribution in [2.75, 3.05) is 19.5 Å². The molecule has 0 spiro atoms. The van der Waals surface area contributed by atoms with Gasteiger partial charge in [0.25, 0.3) is 11.8 Å². The van der Waals surface area contributed by atoms with E-state index in [-0.39, 0.29) is 12.2 Å². The molecule has 0 saturated heterocycles. The van der Waals surface area contributed by atoms with E-state index in [9.17, 15) is 19.2 Å². The molecule has 40 heavy (non-hydrogen) atoms. The van der Waals surface area contributed by atoms with Crippen LogP contribution < -0.4 is 25.4 Å². The second-order valence-corrected chi connectivity index (χ2v) is 8.93. The van der Waals surface area contributed by atoms with E-state index in [0.29, 0.717) is 38.3 Å². The number of carbonyl (C=O) groups excluding carboxylic acids is 3. The highest BCUT2D eigenvalue weighted by molar-refractivity contribution is 9.10. The maximum Gasteiger partial charge on any atom is 0.328 e. The molecule has 3 rings (SSSR count). The van der Waals surface area contributed by atoms with Crippen molar-refractivity contribution in [3.8, 4) is 11.5 Å². The Labute approximate surface area is 238 Å². The lowest BCUT2D eigenvalue weighted by Crippen LogP contribution is -2.34. The van der Waals surface area contributed by atoms with Crippen LogP contribution in [0, 0.1) is 0 Å². The fourth-order valence-corrected chi connectivity index (χ4v) is 3.96. The minimum Gasteiger partial charge on any atom is -0.493 e. The lowest BCUT2D eigenvalue weighted by molar-refractivity contribution is -0.131. The predicted molar refractivity (Wildman–Crippen MR) is 153 cm³/mol. The van der Waals surface area contributed by atoms with Crippen LogP contribution in [0.2, 0.25) is 0 Å². The van der Waals surface area contributed by atoms with Gasteiger partial charge in [0.2, 0.25) is 5.91 Å². The number of halogens is 1. The lowest BCUT2D eigenvalue weighted by Gasteiger charge is -2.16. The molecule has 11 heteroatoms. The first-order valence-electron chi connectivity index (χ1n) is 11.8. The molecule has 0 saturated carbocycles. The number of aliphatic carboxylic acids is 1. The van der Waals surface area contributed by atoms with E-state index in [1.54, 1.807) is 66.7 Å². The topological polar surface area (TPSA) is 143 Å². The van der Waals surface area contributed by atoms with Crippen LogP contribution in [0.1, 0.15) is 21.5 Å². The minimum absolute atomic E-state index is 0.0209. The van der Waals surface area contributed by atoms with Crippen LogP contribution in [0.25, 0.3) is 6.08 Å². The van der Waals surface area contributed by atoms with Crippen molar-refractivity contribution in [1.82, 2.24) is 10.6 Å². The Balaban J connectivity index is 1.92. The Morgan fingerprint density at radius 3 is 2.27 bits per heavy atom. The molecule has 3 aromatic carbocycles. The number of benzene rings is 3. The number of anilines is 1. The third-order valence-electron chi connectivity index (χ3n) is 5.44. The van der Waals surface area contributed by atoms with Gasteiger partial charge in [0.1, 0.15) is 5.70 Å². The Hall–Kier alpha value is -4.90. The quantitative estimate of drug-likeness (QED) is 0.240. The van der Waals surface area contributed by atoms with E-state index in [4.69, 9.17) is 14.6 Å². The molecule has 0 unspecified atom stereocenters. The largest absolute Gasteiger partial charge is 0.493 e. The van der Waals surface area contributed by atoms with Gasteiger partial charge in [0, 0.05) is 40.0 Å². The number of methoxy groups -OCH3 is 2. The van der Waals surface area contributed by atoms with Gasteiger partial charge in [-0.1, -0.05) is 52.3 Å². The van der Waals surface area contributed by atoms with Gasteiger partial charge in [-0.25, -0.2) is 4.79 Å². The molecular weight excluding hydrogens is 582 g/mol. The Morgan fingerprint density at radius 2 is 1.60 bits per heavy atom. The van der Waals surface area contributed by atoms with E-state index >= 15 is 0 Å². The summed E-state index contributed by atoms with van der Waals surface area (Å²) in [6, 6.07) is 18.5. The fraction of sp³-hybridized carbons (Fsp3) is 0.103. The number of ether oxygens (including phenoxy) is 2. The number of hydrogen-bond acceptors (Lipinski definition) is 6. The normalized spacial score (nSPS) is 11.0. The molecule has 0 aliphatic rings. The number of hydrogen-bond donors (Lipinski definition) is 4. The second kappa shape index (κ2) is 14.3. The first-order valence-corrected chi connectivity index (χ1v) is 12.6. The van der Waals surface area contributed by atoms with Crippen molar-refractivity contribution in [2.24, 2.45) is 0 Å². The molecule has 0 radical (unpaired) electrons. The van der Waals surface area contributed by atoms with Crippen LogP contribution in [0.3, 0.4) is 0 Å². The Kier molecular flexibility index (Phi) is 10.6. The van der Waals surface area contributed by atoms with Gasteiger partial charge < -0.3 is 30.5 Å². The van der Waals surface area contributed by atoms with E-state index in [2.05, 4.69) is 31.9 Å². The first-order chi connectivity index (χ1) is 19.2. The highest BCUT2D eigenvalue weighted by Crippen LogP contribution is 2.37.